The largest absolute Gasteiger partial charge is 0.434 e. The topological polar surface area (TPSA) is 64.2 Å². The minimum atomic E-state index is -4.68. The lowest BCUT2D eigenvalue weighted by molar-refractivity contribution is -0.0580. The van der Waals surface area contributed by atoms with E-state index in [0.29, 0.717) is 10.8 Å². The molecule has 0 unspecified atom stereocenters. The molecule has 1 aromatic carbocycles. The number of fused-ring (bicyclic) bond motifs is 1. The van der Waals surface area contributed by atoms with Gasteiger partial charge >= 0.3 is 6.18 Å². The fourth-order valence-electron chi connectivity index (χ4n) is 1.74. The number of nitrogens with zero attached hydrogens (tertiary/aromatic N) is 3. The van der Waals surface area contributed by atoms with E-state index in [0.717, 1.165) is 12.3 Å². The van der Waals surface area contributed by atoms with E-state index in [-0.39, 0.29) is 11.4 Å². The Morgan fingerprint density at radius 3 is 2.62 bits per heavy atom. The summed E-state index contributed by atoms with van der Waals surface area (Å²) in [6, 6.07) is 6.76. The molecule has 4 nitrogen and oxygen atoms in total. The highest BCUT2D eigenvalue weighted by Crippen LogP contribution is 2.28. The summed E-state index contributed by atoms with van der Waals surface area (Å²) in [6.07, 6.45) is -1.43. The van der Waals surface area contributed by atoms with Crippen LogP contribution in [0.1, 0.15) is 0 Å². The highest BCUT2D eigenvalue weighted by molar-refractivity contribution is 6.08. The van der Waals surface area contributed by atoms with Crippen molar-refractivity contribution >= 4 is 22.3 Å². The van der Waals surface area contributed by atoms with Crippen molar-refractivity contribution in [2.45, 2.75) is 6.18 Å². The molecule has 0 saturated heterocycles. The van der Waals surface area contributed by atoms with E-state index in [1.54, 1.807) is 24.3 Å². The van der Waals surface area contributed by atoms with Crippen molar-refractivity contribution in [1.29, 1.82) is 0 Å². The number of rotatable bonds is 3. The minimum absolute atomic E-state index is 0.123. The number of hydrogen-bond acceptors (Lipinski definition) is 4. The summed E-state index contributed by atoms with van der Waals surface area (Å²) >= 11 is 0. The first kappa shape index (κ1) is 14.7. The minimum Gasteiger partial charge on any atom is -0.404 e. The van der Waals surface area contributed by atoms with Gasteiger partial charge in [0, 0.05) is 22.5 Å². The molecule has 108 valence electrons. The zero-order chi connectivity index (χ0) is 15.5. The average molecular weight is 292 g/mol. The normalized spacial score (nSPS) is 13.5. The molecular formula is C14H11F3N4. The van der Waals surface area contributed by atoms with Crippen LogP contribution in [0.5, 0.6) is 0 Å². The third kappa shape index (κ3) is 3.07. The summed E-state index contributed by atoms with van der Waals surface area (Å²) < 4.78 is 39.3. The Bertz CT molecular complexity index is 727. The summed E-state index contributed by atoms with van der Waals surface area (Å²) in [5.74, 6) is -0.123. The molecule has 0 aliphatic heterocycles. The Balaban J connectivity index is 2.69. The molecule has 0 radical (unpaired) electrons. The first-order valence-corrected chi connectivity index (χ1v) is 5.88. The predicted octanol–water partition coefficient (Wildman–Crippen LogP) is 3.29. The van der Waals surface area contributed by atoms with Crippen LogP contribution in [0, 0.1) is 0 Å². The van der Waals surface area contributed by atoms with Gasteiger partial charge in [-0.3, -0.25) is 0 Å². The van der Waals surface area contributed by atoms with Crippen molar-refractivity contribution in [3.63, 3.8) is 0 Å². The van der Waals surface area contributed by atoms with Crippen molar-refractivity contribution in [3.8, 4) is 0 Å². The van der Waals surface area contributed by atoms with Crippen molar-refractivity contribution in [3.05, 3.63) is 54.9 Å². The van der Waals surface area contributed by atoms with E-state index in [2.05, 4.69) is 21.8 Å². The maximum atomic E-state index is 13.1. The third-order valence-corrected chi connectivity index (χ3v) is 2.71. The number of alkyl halides is 3. The number of aliphatic imine (C=N–C) groups is 1. The van der Waals surface area contributed by atoms with Gasteiger partial charge in [0.05, 0.1) is 6.20 Å². The lowest BCUT2D eigenvalue weighted by Crippen LogP contribution is -2.25. The van der Waals surface area contributed by atoms with Crippen LogP contribution in [-0.4, -0.2) is 22.1 Å². The van der Waals surface area contributed by atoms with E-state index in [1.165, 1.54) is 6.20 Å². The van der Waals surface area contributed by atoms with E-state index < -0.39 is 11.9 Å². The highest BCUT2D eigenvalue weighted by Gasteiger charge is 2.37. The smallest absolute Gasteiger partial charge is 0.404 e. The molecule has 2 rings (SSSR count). The van der Waals surface area contributed by atoms with Gasteiger partial charge < -0.3 is 5.73 Å². The second kappa shape index (κ2) is 5.74. The first-order valence-electron chi connectivity index (χ1n) is 5.88. The molecule has 1 heterocycles. The summed E-state index contributed by atoms with van der Waals surface area (Å²) in [5, 5.41) is 8.44. The van der Waals surface area contributed by atoms with Crippen LogP contribution in [-0.2, 0) is 0 Å². The van der Waals surface area contributed by atoms with E-state index >= 15 is 0 Å². The molecule has 1 aromatic heterocycles. The molecule has 2 N–H and O–H groups in total. The number of nitrogens with two attached hydrogens (primary N) is 1. The summed E-state index contributed by atoms with van der Waals surface area (Å²) in [4.78, 5) is 3.60. The summed E-state index contributed by atoms with van der Waals surface area (Å²) in [6.45, 7) is 3.31. The fourth-order valence-corrected chi connectivity index (χ4v) is 1.74. The van der Waals surface area contributed by atoms with Crippen molar-refractivity contribution in [2.24, 2.45) is 10.7 Å². The monoisotopic (exact) mass is 292 g/mol. The molecule has 0 aliphatic rings. The molecule has 2 aromatic rings. The van der Waals surface area contributed by atoms with Crippen molar-refractivity contribution in [2.75, 3.05) is 0 Å². The summed E-state index contributed by atoms with van der Waals surface area (Å²) in [5.41, 5.74) is 3.71. The zero-order valence-corrected chi connectivity index (χ0v) is 10.8. The standard InChI is InChI=1S/C14H11F3N4/c1-2-9(7-18)12(14(15,16)17)20-13-11-6-4-3-5-10(11)8-19-21-13/h2-8H,1,18H2. The molecule has 0 fully saturated rings. The number of aromatic nitrogens is 2. The van der Waals surface area contributed by atoms with Gasteiger partial charge in [-0.25, -0.2) is 4.99 Å². The maximum absolute atomic E-state index is 13.1. The highest BCUT2D eigenvalue weighted by atomic mass is 19.4. The Kier molecular flexibility index (Phi) is 4.02. The Morgan fingerprint density at radius 2 is 2.00 bits per heavy atom. The molecule has 7 heteroatoms. The molecule has 21 heavy (non-hydrogen) atoms. The van der Waals surface area contributed by atoms with Gasteiger partial charge in [-0.1, -0.05) is 36.9 Å². The van der Waals surface area contributed by atoms with Gasteiger partial charge in [0.25, 0.3) is 0 Å². The van der Waals surface area contributed by atoms with Gasteiger partial charge in [0.1, 0.15) is 0 Å². The quantitative estimate of drug-likeness (QED) is 0.697. The summed E-state index contributed by atoms with van der Waals surface area (Å²) in [7, 11) is 0. The third-order valence-electron chi connectivity index (χ3n) is 2.71. The molecule has 0 atom stereocenters. The van der Waals surface area contributed by atoms with Crippen LogP contribution >= 0.6 is 0 Å². The molecule has 0 amide bonds. The first-order chi connectivity index (χ1) is 9.97. The lowest BCUT2D eigenvalue weighted by Gasteiger charge is -2.11. The van der Waals surface area contributed by atoms with Crippen molar-refractivity contribution < 1.29 is 13.2 Å². The van der Waals surface area contributed by atoms with Crippen LogP contribution in [0.2, 0.25) is 0 Å². The van der Waals surface area contributed by atoms with Gasteiger partial charge in [0.15, 0.2) is 11.5 Å². The number of benzene rings is 1. The Morgan fingerprint density at radius 1 is 1.29 bits per heavy atom. The average Bonchev–Trinajstić information content (AvgIpc) is 2.46. The molecular weight excluding hydrogens is 281 g/mol. The number of halogens is 3. The zero-order valence-electron chi connectivity index (χ0n) is 10.8. The number of allylic oxidation sites excluding steroid dienone is 2. The van der Waals surface area contributed by atoms with E-state index in [9.17, 15) is 13.2 Å². The predicted molar refractivity (Wildman–Crippen MR) is 75.2 cm³/mol. The van der Waals surface area contributed by atoms with Crippen LogP contribution in [0.3, 0.4) is 0 Å². The van der Waals surface area contributed by atoms with Crippen LogP contribution < -0.4 is 5.73 Å². The molecule has 0 bridgehead atoms. The van der Waals surface area contributed by atoms with Crippen molar-refractivity contribution in [1.82, 2.24) is 10.2 Å². The second-order valence-electron chi connectivity index (χ2n) is 4.04. The molecule has 0 saturated carbocycles. The number of hydrogen-bond donors (Lipinski definition) is 1. The van der Waals surface area contributed by atoms with Gasteiger partial charge in [0.2, 0.25) is 0 Å². The Labute approximate surface area is 118 Å². The second-order valence-corrected chi connectivity index (χ2v) is 4.04. The molecule has 0 spiro atoms. The molecule has 0 aliphatic carbocycles. The van der Waals surface area contributed by atoms with Gasteiger partial charge in [-0.2, -0.15) is 18.3 Å². The van der Waals surface area contributed by atoms with Crippen LogP contribution in [0.4, 0.5) is 19.0 Å². The van der Waals surface area contributed by atoms with E-state index in [4.69, 9.17) is 5.73 Å². The van der Waals surface area contributed by atoms with Crippen LogP contribution in [0.15, 0.2) is 59.9 Å². The SMILES string of the molecule is C=CC(=CN)C(=Nc1nncc2ccccc12)C(F)(F)F. The fraction of sp³-hybridized carbons (Fsp3) is 0.0714. The van der Waals surface area contributed by atoms with Gasteiger partial charge in [-0.15, -0.1) is 5.10 Å². The van der Waals surface area contributed by atoms with E-state index in [1.807, 2.05) is 0 Å². The van der Waals surface area contributed by atoms with Crippen LogP contribution in [0.25, 0.3) is 10.8 Å². The van der Waals surface area contributed by atoms with Gasteiger partial charge in [-0.05, 0) is 0 Å². The lowest BCUT2D eigenvalue weighted by atomic mass is 10.1. The maximum Gasteiger partial charge on any atom is 0.434 e. The Hall–Kier alpha value is -2.70.